The normalized spacial score (nSPS) is 10.2. The van der Waals surface area contributed by atoms with E-state index >= 15 is 0 Å². The summed E-state index contributed by atoms with van der Waals surface area (Å²) in [6, 6.07) is 4.47. The number of benzene rings is 1. The van der Waals surface area contributed by atoms with Gasteiger partial charge in [0.15, 0.2) is 0 Å². The minimum Gasteiger partial charge on any atom is -0.258 e. The third kappa shape index (κ3) is 1.78. The second-order valence-electron chi connectivity index (χ2n) is 3.62. The Balaban J connectivity index is 2.84. The van der Waals surface area contributed by atoms with E-state index in [4.69, 9.17) is 5.26 Å². The van der Waals surface area contributed by atoms with Crippen molar-refractivity contribution >= 4 is 16.7 Å². The number of hydrogen-bond acceptors (Lipinski definition) is 5. The maximum atomic E-state index is 10.8. The lowest BCUT2D eigenvalue weighted by Crippen LogP contribution is -1.97. The Kier molecular flexibility index (Phi) is 2.44. The van der Waals surface area contributed by atoms with Crippen LogP contribution in [0.25, 0.3) is 11.0 Å². The van der Waals surface area contributed by atoms with E-state index in [9.17, 15) is 10.1 Å². The average Bonchev–Trinajstić information content (AvgIpc) is 2.29. The van der Waals surface area contributed by atoms with Gasteiger partial charge in [-0.15, -0.1) is 0 Å². The highest BCUT2D eigenvalue weighted by molar-refractivity contribution is 5.80. The van der Waals surface area contributed by atoms with Crippen molar-refractivity contribution < 1.29 is 4.92 Å². The van der Waals surface area contributed by atoms with E-state index in [1.807, 2.05) is 0 Å². The molecule has 0 saturated carbocycles. The maximum Gasteiger partial charge on any atom is 0.289 e. The van der Waals surface area contributed by atoms with E-state index in [0.29, 0.717) is 11.0 Å². The Hall–Kier alpha value is -2.55. The van der Waals surface area contributed by atoms with E-state index in [0.717, 1.165) is 11.4 Å². The van der Waals surface area contributed by atoms with Gasteiger partial charge in [-0.2, -0.15) is 5.26 Å². The van der Waals surface area contributed by atoms with Crippen molar-refractivity contribution in [2.75, 3.05) is 0 Å². The van der Waals surface area contributed by atoms with Gasteiger partial charge < -0.3 is 0 Å². The zero-order valence-corrected chi connectivity index (χ0v) is 9.26. The van der Waals surface area contributed by atoms with Crippen molar-refractivity contribution in [3.63, 3.8) is 0 Å². The molecule has 0 unspecified atom stereocenters. The van der Waals surface area contributed by atoms with Crippen LogP contribution in [0, 0.1) is 35.3 Å². The predicted molar refractivity (Wildman–Crippen MR) is 60.4 cm³/mol. The number of nitriles is 1. The number of nitrogens with zero attached hydrogens (tertiary/aromatic N) is 4. The molecule has 2 rings (SSSR count). The summed E-state index contributed by atoms with van der Waals surface area (Å²) in [7, 11) is 0. The van der Waals surface area contributed by atoms with Crippen LogP contribution in [-0.2, 0) is 0 Å². The summed E-state index contributed by atoms with van der Waals surface area (Å²) < 4.78 is 0. The predicted octanol–water partition coefficient (Wildman–Crippen LogP) is 2.03. The van der Waals surface area contributed by atoms with Crippen LogP contribution in [0.5, 0.6) is 0 Å². The summed E-state index contributed by atoms with van der Waals surface area (Å²) in [5.74, 6) is 0. The van der Waals surface area contributed by atoms with Gasteiger partial charge in [0.2, 0.25) is 0 Å². The molecule has 1 aromatic carbocycles. The molecular formula is C11H8N4O2. The molecule has 6 nitrogen and oxygen atoms in total. The fraction of sp³-hybridized carbons (Fsp3) is 0.182. The van der Waals surface area contributed by atoms with Crippen LogP contribution in [0.3, 0.4) is 0 Å². The van der Waals surface area contributed by atoms with Crippen LogP contribution < -0.4 is 0 Å². The monoisotopic (exact) mass is 228 g/mol. The van der Waals surface area contributed by atoms with Crippen LogP contribution in [0.2, 0.25) is 0 Å². The zero-order valence-electron chi connectivity index (χ0n) is 9.26. The lowest BCUT2D eigenvalue weighted by atomic mass is 10.1. The van der Waals surface area contributed by atoms with Crippen LogP contribution in [0.1, 0.15) is 17.0 Å². The molecule has 84 valence electrons. The molecule has 0 radical (unpaired) electrons. The first-order valence-electron chi connectivity index (χ1n) is 4.86. The smallest absolute Gasteiger partial charge is 0.258 e. The van der Waals surface area contributed by atoms with Crippen molar-refractivity contribution in [3.8, 4) is 6.07 Å². The third-order valence-corrected chi connectivity index (χ3v) is 2.51. The summed E-state index contributed by atoms with van der Waals surface area (Å²) >= 11 is 0. The summed E-state index contributed by atoms with van der Waals surface area (Å²) in [5.41, 5.74) is 2.15. The van der Waals surface area contributed by atoms with E-state index in [-0.39, 0.29) is 11.3 Å². The van der Waals surface area contributed by atoms with Gasteiger partial charge in [-0.1, -0.05) is 0 Å². The molecule has 0 N–H and O–H groups in total. The lowest BCUT2D eigenvalue weighted by molar-refractivity contribution is -0.385. The highest BCUT2D eigenvalue weighted by Crippen LogP contribution is 2.23. The molecule has 0 aliphatic rings. The molecule has 6 heteroatoms. The molecule has 0 aliphatic carbocycles. The second-order valence-corrected chi connectivity index (χ2v) is 3.62. The molecular weight excluding hydrogens is 220 g/mol. The first kappa shape index (κ1) is 11.0. The van der Waals surface area contributed by atoms with Gasteiger partial charge in [0.05, 0.1) is 27.3 Å². The number of hydrogen-bond donors (Lipinski definition) is 0. The third-order valence-electron chi connectivity index (χ3n) is 2.51. The number of nitro benzene ring substituents is 1. The molecule has 2 aromatic rings. The SMILES string of the molecule is Cc1nc2cc(C#N)c([N+](=O)[O-])cc2nc1C. The zero-order chi connectivity index (χ0) is 12.6. The van der Waals surface area contributed by atoms with Gasteiger partial charge in [-0.25, -0.2) is 9.97 Å². The Morgan fingerprint density at radius 3 is 2.24 bits per heavy atom. The Morgan fingerprint density at radius 1 is 1.24 bits per heavy atom. The summed E-state index contributed by atoms with van der Waals surface area (Å²) in [5, 5.41) is 19.6. The van der Waals surface area contributed by atoms with E-state index in [1.54, 1.807) is 19.9 Å². The molecule has 17 heavy (non-hydrogen) atoms. The number of aromatic nitrogens is 2. The molecule has 1 heterocycles. The van der Waals surface area contributed by atoms with Gasteiger partial charge in [-0.05, 0) is 19.9 Å². The van der Waals surface area contributed by atoms with E-state index in [2.05, 4.69) is 9.97 Å². The fourth-order valence-electron chi connectivity index (χ4n) is 1.51. The number of nitro groups is 1. The Bertz CT molecular complexity index is 673. The number of fused-ring (bicyclic) bond motifs is 1. The van der Waals surface area contributed by atoms with Gasteiger partial charge in [0.1, 0.15) is 11.6 Å². The fourth-order valence-corrected chi connectivity index (χ4v) is 1.51. The van der Waals surface area contributed by atoms with Crippen molar-refractivity contribution in [1.29, 1.82) is 5.26 Å². The van der Waals surface area contributed by atoms with Crippen LogP contribution in [0.4, 0.5) is 5.69 Å². The molecule has 0 atom stereocenters. The summed E-state index contributed by atoms with van der Waals surface area (Å²) in [6.07, 6.45) is 0. The standard InChI is InChI=1S/C11H8N4O2/c1-6-7(2)14-10-4-11(15(16)17)8(5-12)3-9(10)13-6/h3-4H,1-2H3. The molecule has 0 amide bonds. The first-order chi connectivity index (χ1) is 8.02. The van der Waals surface area contributed by atoms with Crippen LogP contribution in [-0.4, -0.2) is 14.9 Å². The maximum absolute atomic E-state index is 10.8. The van der Waals surface area contributed by atoms with Gasteiger partial charge in [0, 0.05) is 6.07 Å². The molecule has 0 bridgehead atoms. The molecule has 0 spiro atoms. The average molecular weight is 228 g/mol. The Morgan fingerprint density at radius 2 is 1.76 bits per heavy atom. The van der Waals surface area contributed by atoms with Crippen LogP contribution in [0.15, 0.2) is 12.1 Å². The first-order valence-corrected chi connectivity index (χ1v) is 4.86. The topological polar surface area (TPSA) is 92.7 Å². The number of rotatable bonds is 1. The van der Waals surface area contributed by atoms with Crippen molar-refractivity contribution in [2.45, 2.75) is 13.8 Å². The molecule has 0 fully saturated rings. The van der Waals surface area contributed by atoms with E-state index in [1.165, 1.54) is 12.1 Å². The van der Waals surface area contributed by atoms with Crippen LogP contribution >= 0.6 is 0 Å². The second kappa shape index (κ2) is 3.79. The van der Waals surface area contributed by atoms with Gasteiger partial charge in [0.25, 0.3) is 5.69 Å². The summed E-state index contributed by atoms with van der Waals surface area (Å²) in [4.78, 5) is 18.7. The van der Waals surface area contributed by atoms with Crippen molar-refractivity contribution in [2.24, 2.45) is 0 Å². The Labute approximate surface area is 96.7 Å². The van der Waals surface area contributed by atoms with Crippen molar-refractivity contribution in [1.82, 2.24) is 9.97 Å². The minimum absolute atomic E-state index is 0.0000491. The molecule has 0 aliphatic heterocycles. The molecule has 0 saturated heterocycles. The quantitative estimate of drug-likeness (QED) is 0.549. The molecule has 1 aromatic heterocycles. The number of aryl methyl sites for hydroxylation is 2. The van der Waals surface area contributed by atoms with Gasteiger partial charge in [-0.3, -0.25) is 10.1 Å². The van der Waals surface area contributed by atoms with Crippen molar-refractivity contribution in [3.05, 3.63) is 39.2 Å². The highest BCUT2D eigenvalue weighted by atomic mass is 16.6. The highest BCUT2D eigenvalue weighted by Gasteiger charge is 2.16. The summed E-state index contributed by atoms with van der Waals surface area (Å²) in [6.45, 7) is 3.58. The van der Waals surface area contributed by atoms with Gasteiger partial charge >= 0.3 is 0 Å². The lowest BCUT2D eigenvalue weighted by Gasteiger charge is -2.02. The largest absolute Gasteiger partial charge is 0.289 e. The van der Waals surface area contributed by atoms with E-state index < -0.39 is 4.92 Å². The minimum atomic E-state index is -0.588.